The van der Waals surface area contributed by atoms with Crippen molar-refractivity contribution in [2.45, 2.75) is 27.7 Å². The second-order valence-corrected chi connectivity index (χ2v) is 14.8. The smallest absolute Gasteiger partial charge is 0.272 e. The van der Waals surface area contributed by atoms with Crippen molar-refractivity contribution in [3.8, 4) is 44.5 Å². The van der Waals surface area contributed by atoms with Crippen LogP contribution in [0.3, 0.4) is 0 Å². The van der Waals surface area contributed by atoms with Crippen molar-refractivity contribution in [1.29, 1.82) is 0 Å². The Balaban J connectivity index is 1.47. The Morgan fingerprint density at radius 3 is 1.19 bits per heavy atom. The summed E-state index contributed by atoms with van der Waals surface area (Å²) in [6.45, 7) is 7.61. The van der Waals surface area contributed by atoms with E-state index in [1.165, 1.54) is 12.1 Å². The van der Waals surface area contributed by atoms with Gasteiger partial charge in [0.1, 0.15) is 0 Å². The maximum atomic E-state index is 11.9. The quantitative estimate of drug-likeness (QED) is 0.127. The Morgan fingerprint density at radius 2 is 0.793 bits per heavy atom. The first-order chi connectivity index (χ1) is 28.0. The van der Waals surface area contributed by atoms with Gasteiger partial charge in [-0.2, -0.15) is 0 Å². The fraction of sp³-hybridized carbons (Fsp3) is 0.0833. The van der Waals surface area contributed by atoms with Crippen molar-refractivity contribution >= 4 is 57.7 Å². The first-order valence-corrected chi connectivity index (χ1v) is 18.8. The molecule has 8 bridgehead atoms. The molecule has 0 unspecified atom stereocenters. The minimum atomic E-state index is -0.381. The zero-order valence-electron chi connectivity index (χ0n) is 32.1. The van der Waals surface area contributed by atoms with E-state index in [0.29, 0.717) is 33.8 Å². The Kier molecular flexibility index (Phi) is 8.74. The van der Waals surface area contributed by atoms with E-state index in [2.05, 4.69) is 84.5 Å². The molecule has 4 aromatic carbocycles. The zero-order chi connectivity index (χ0) is 40.2. The first kappa shape index (κ1) is 35.9. The van der Waals surface area contributed by atoms with Crippen LogP contribution in [0.5, 0.6) is 0 Å². The van der Waals surface area contributed by atoms with Crippen molar-refractivity contribution in [1.82, 2.24) is 19.9 Å². The number of hydrogen-bond acceptors (Lipinski definition) is 6. The number of aromatic nitrogens is 4. The second kappa shape index (κ2) is 14.1. The van der Waals surface area contributed by atoms with Crippen LogP contribution in [-0.2, 0) is 0 Å². The van der Waals surface area contributed by atoms with Crippen LogP contribution >= 0.6 is 0 Å². The number of nitrogens with one attached hydrogen (secondary N) is 2. The molecule has 0 spiro atoms. The topological polar surface area (TPSA) is 144 Å². The van der Waals surface area contributed by atoms with E-state index in [9.17, 15) is 20.2 Å². The summed E-state index contributed by atoms with van der Waals surface area (Å²) < 4.78 is 0. The number of aromatic amines is 2. The largest absolute Gasteiger partial charge is 0.354 e. The number of H-pyrrole nitrogens is 2. The molecule has 10 heteroatoms. The lowest BCUT2D eigenvalue weighted by molar-refractivity contribution is -0.385. The molecule has 0 amide bonds. The molecule has 3 aromatic heterocycles. The first-order valence-electron chi connectivity index (χ1n) is 18.8. The van der Waals surface area contributed by atoms with Crippen molar-refractivity contribution in [3.63, 3.8) is 0 Å². The summed E-state index contributed by atoms with van der Waals surface area (Å²) in [6, 6.07) is 35.2. The molecule has 2 aliphatic heterocycles. The molecule has 5 heterocycles. The third kappa shape index (κ3) is 6.36. The van der Waals surface area contributed by atoms with Gasteiger partial charge in [-0.15, -0.1) is 0 Å². The lowest BCUT2D eigenvalue weighted by Gasteiger charge is -2.08. The van der Waals surface area contributed by atoms with Crippen LogP contribution in [0.2, 0.25) is 0 Å². The number of fused-ring (bicyclic) bond motifs is 8. The highest BCUT2D eigenvalue weighted by molar-refractivity contribution is 6.00. The highest BCUT2D eigenvalue weighted by Crippen LogP contribution is 2.40. The fourth-order valence-corrected chi connectivity index (χ4v) is 8.05. The molecule has 0 fully saturated rings. The van der Waals surface area contributed by atoms with Gasteiger partial charge < -0.3 is 9.97 Å². The third-order valence-corrected chi connectivity index (χ3v) is 10.7. The molecule has 9 rings (SSSR count). The molecule has 58 heavy (non-hydrogen) atoms. The maximum absolute atomic E-state index is 11.9. The molecular formula is C48H36N6O4. The van der Waals surface area contributed by atoms with Gasteiger partial charge in [0, 0.05) is 67.6 Å². The molecule has 0 aliphatic carbocycles. The van der Waals surface area contributed by atoms with E-state index in [4.69, 9.17) is 9.97 Å². The number of rotatable bonds is 6. The standard InChI is InChI=1S/C48H36N6O4/c1-27-7-5-9-31(23-27)45-35-13-14-36(49-35)46(32-10-6-8-28(2)24-32)38-16-18-40(51-38)48(34-12-22-44(54(57)58)30(4)26-34)42-20-19-41(52-42)47(39-17-15-37(45)50-39)33-11-21-43(53(55)56)29(3)25-33/h5-26,49-50H,1-4H3. The SMILES string of the molecule is Cc1cccc(-c2c3nc(c(-c4ccc([N+](=O)[O-])c(C)c4)c4nc(c(-c5ccc([N+](=O)[O-])c(C)c5)c5ccc([nH]5)c(-c5cccc(C)c5)c5ccc2[nH]5)C=C4)C=C3)c1. The maximum Gasteiger partial charge on any atom is 0.272 e. The Hall–Kier alpha value is -7.72. The van der Waals surface area contributed by atoms with Gasteiger partial charge in [0.05, 0.1) is 32.6 Å². The Labute approximate surface area is 333 Å². The molecular weight excluding hydrogens is 725 g/mol. The van der Waals surface area contributed by atoms with E-state index in [0.717, 1.165) is 77.8 Å². The average Bonchev–Trinajstić information content (AvgIpc) is 4.03. The Morgan fingerprint density at radius 1 is 0.431 bits per heavy atom. The van der Waals surface area contributed by atoms with E-state index in [-0.39, 0.29) is 21.2 Å². The summed E-state index contributed by atoms with van der Waals surface area (Å²) in [6.07, 6.45) is 7.85. The van der Waals surface area contributed by atoms with Crippen molar-refractivity contribution in [3.05, 3.63) is 174 Å². The predicted octanol–water partition coefficient (Wildman–Crippen LogP) is 12.4. The van der Waals surface area contributed by atoms with Gasteiger partial charge in [0.2, 0.25) is 0 Å². The van der Waals surface area contributed by atoms with Gasteiger partial charge in [0.15, 0.2) is 0 Å². The summed E-state index contributed by atoms with van der Waals surface area (Å²) in [5, 5.41) is 23.7. The summed E-state index contributed by atoms with van der Waals surface area (Å²) >= 11 is 0. The van der Waals surface area contributed by atoms with Crippen LogP contribution in [0.25, 0.3) is 90.9 Å². The van der Waals surface area contributed by atoms with E-state index in [1.54, 1.807) is 32.0 Å². The molecule has 7 aromatic rings. The molecule has 0 atom stereocenters. The van der Waals surface area contributed by atoms with Crippen molar-refractivity contribution < 1.29 is 9.85 Å². The molecule has 282 valence electrons. The summed E-state index contributed by atoms with van der Waals surface area (Å²) in [7, 11) is 0. The van der Waals surface area contributed by atoms with Crippen LogP contribution in [0.4, 0.5) is 11.4 Å². The number of nitrogens with zero attached hydrogens (tertiary/aromatic N) is 4. The second-order valence-electron chi connectivity index (χ2n) is 14.8. The number of aryl methyl sites for hydroxylation is 4. The highest BCUT2D eigenvalue weighted by atomic mass is 16.6. The van der Waals surface area contributed by atoms with Gasteiger partial charge in [-0.25, -0.2) is 9.97 Å². The summed E-state index contributed by atoms with van der Waals surface area (Å²) in [5.74, 6) is 0. The van der Waals surface area contributed by atoms with Gasteiger partial charge in [-0.1, -0.05) is 59.7 Å². The molecule has 0 saturated carbocycles. The van der Waals surface area contributed by atoms with Gasteiger partial charge in [0.25, 0.3) is 11.4 Å². The van der Waals surface area contributed by atoms with Crippen LogP contribution < -0.4 is 0 Å². The number of benzene rings is 4. The van der Waals surface area contributed by atoms with Gasteiger partial charge >= 0.3 is 0 Å². The molecule has 2 aliphatic rings. The van der Waals surface area contributed by atoms with Crippen LogP contribution in [0.15, 0.2) is 109 Å². The van der Waals surface area contributed by atoms with Crippen LogP contribution in [0, 0.1) is 47.9 Å². The van der Waals surface area contributed by atoms with Crippen molar-refractivity contribution in [2.24, 2.45) is 0 Å². The minimum Gasteiger partial charge on any atom is -0.354 e. The van der Waals surface area contributed by atoms with E-state index >= 15 is 0 Å². The average molecular weight is 761 g/mol. The van der Waals surface area contributed by atoms with Gasteiger partial charge in [-0.3, -0.25) is 20.2 Å². The minimum absolute atomic E-state index is 0.0241. The molecule has 0 saturated heterocycles. The number of hydrogen-bond donors (Lipinski definition) is 2. The van der Waals surface area contributed by atoms with Crippen molar-refractivity contribution in [2.75, 3.05) is 0 Å². The fourth-order valence-electron chi connectivity index (χ4n) is 8.05. The van der Waals surface area contributed by atoms with Crippen LogP contribution in [-0.4, -0.2) is 29.8 Å². The normalized spacial score (nSPS) is 11.9. The Bertz CT molecular complexity index is 3130. The van der Waals surface area contributed by atoms with Crippen LogP contribution in [0.1, 0.15) is 45.0 Å². The number of nitro benzene ring substituents is 2. The summed E-state index contributed by atoms with van der Waals surface area (Å²) in [4.78, 5) is 41.1. The highest BCUT2D eigenvalue weighted by Gasteiger charge is 2.22. The molecule has 10 nitrogen and oxygen atoms in total. The predicted molar refractivity (Wildman–Crippen MR) is 233 cm³/mol. The third-order valence-electron chi connectivity index (χ3n) is 10.7. The molecule has 0 radical (unpaired) electrons. The lowest BCUT2D eigenvalue weighted by atomic mass is 9.99. The monoisotopic (exact) mass is 760 g/mol. The van der Waals surface area contributed by atoms with E-state index < -0.39 is 0 Å². The number of nitro groups is 2. The summed E-state index contributed by atoms with van der Waals surface area (Å²) in [5.41, 5.74) is 16.2. The lowest BCUT2D eigenvalue weighted by Crippen LogP contribution is -1.95. The zero-order valence-corrected chi connectivity index (χ0v) is 32.1. The molecule has 2 N–H and O–H groups in total. The van der Waals surface area contributed by atoms with Gasteiger partial charge in [-0.05, 0) is 123 Å². The van der Waals surface area contributed by atoms with E-state index in [1.807, 2.05) is 42.5 Å².